The Balaban J connectivity index is 1.83. The van der Waals surface area contributed by atoms with Gasteiger partial charge in [-0.2, -0.15) is 0 Å². The standard InChI is InChI=1S/C17H27N3O/c1-3-20(13-15-7-5-4-6-8-15)17(21)14-19-10-9-16(12-19)11-18-2/h4-8,16,18H,3,9-14H2,1-2H3. The molecule has 0 radical (unpaired) electrons. The molecule has 21 heavy (non-hydrogen) atoms. The fourth-order valence-electron chi connectivity index (χ4n) is 2.98. The molecule has 0 aliphatic carbocycles. The number of nitrogens with one attached hydrogen (secondary N) is 1. The van der Waals surface area contributed by atoms with E-state index in [0.717, 1.165) is 26.2 Å². The zero-order valence-corrected chi connectivity index (χ0v) is 13.2. The highest BCUT2D eigenvalue weighted by Crippen LogP contribution is 2.15. The van der Waals surface area contributed by atoms with Gasteiger partial charge in [-0.25, -0.2) is 0 Å². The highest BCUT2D eigenvalue weighted by Gasteiger charge is 2.24. The van der Waals surface area contributed by atoms with Gasteiger partial charge in [-0.15, -0.1) is 0 Å². The van der Waals surface area contributed by atoms with Crippen LogP contribution in [0, 0.1) is 5.92 Å². The van der Waals surface area contributed by atoms with Crippen molar-refractivity contribution in [3.8, 4) is 0 Å². The van der Waals surface area contributed by atoms with Crippen molar-refractivity contribution in [3.63, 3.8) is 0 Å². The van der Waals surface area contributed by atoms with Gasteiger partial charge >= 0.3 is 0 Å². The molecule has 1 unspecified atom stereocenters. The lowest BCUT2D eigenvalue weighted by Crippen LogP contribution is -2.39. The summed E-state index contributed by atoms with van der Waals surface area (Å²) in [4.78, 5) is 16.7. The van der Waals surface area contributed by atoms with Gasteiger partial charge in [0.25, 0.3) is 0 Å². The van der Waals surface area contributed by atoms with E-state index >= 15 is 0 Å². The number of nitrogens with zero attached hydrogens (tertiary/aromatic N) is 2. The topological polar surface area (TPSA) is 35.6 Å². The number of carbonyl (C=O) groups is 1. The maximum Gasteiger partial charge on any atom is 0.237 e. The first-order valence-electron chi connectivity index (χ1n) is 7.91. The van der Waals surface area contributed by atoms with Crippen molar-refractivity contribution in [2.75, 3.05) is 39.8 Å². The third-order valence-corrected chi connectivity index (χ3v) is 4.17. The summed E-state index contributed by atoms with van der Waals surface area (Å²) in [5.74, 6) is 0.929. The van der Waals surface area contributed by atoms with Crippen LogP contribution in [0.25, 0.3) is 0 Å². The number of rotatable bonds is 7. The summed E-state index contributed by atoms with van der Waals surface area (Å²) in [5.41, 5.74) is 1.20. The highest BCUT2D eigenvalue weighted by molar-refractivity contribution is 5.78. The van der Waals surface area contributed by atoms with Crippen molar-refractivity contribution in [1.29, 1.82) is 0 Å². The van der Waals surface area contributed by atoms with E-state index in [1.807, 2.05) is 30.1 Å². The van der Waals surface area contributed by atoms with Crippen LogP contribution in [0.2, 0.25) is 0 Å². The molecule has 0 bridgehead atoms. The van der Waals surface area contributed by atoms with Gasteiger partial charge in [-0.3, -0.25) is 9.69 Å². The van der Waals surface area contributed by atoms with Crippen LogP contribution in [0.1, 0.15) is 18.9 Å². The van der Waals surface area contributed by atoms with Crippen molar-refractivity contribution < 1.29 is 4.79 Å². The van der Waals surface area contributed by atoms with Gasteiger partial charge in [-0.1, -0.05) is 30.3 Å². The van der Waals surface area contributed by atoms with E-state index in [4.69, 9.17) is 0 Å². The SMILES string of the molecule is CCN(Cc1ccccc1)C(=O)CN1CCC(CNC)C1. The van der Waals surface area contributed by atoms with Crippen molar-refractivity contribution in [2.45, 2.75) is 19.9 Å². The zero-order valence-electron chi connectivity index (χ0n) is 13.2. The van der Waals surface area contributed by atoms with Crippen molar-refractivity contribution in [2.24, 2.45) is 5.92 Å². The largest absolute Gasteiger partial charge is 0.338 e. The summed E-state index contributed by atoms with van der Waals surface area (Å²) in [6.45, 7) is 7.21. The van der Waals surface area contributed by atoms with E-state index in [2.05, 4.69) is 29.3 Å². The minimum absolute atomic E-state index is 0.242. The van der Waals surface area contributed by atoms with Crippen molar-refractivity contribution in [3.05, 3.63) is 35.9 Å². The minimum atomic E-state index is 0.242. The lowest BCUT2D eigenvalue weighted by atomic mass is 10.1. The monoisotopic (exact) mass is 289 g/mol. The van der Waals surface area contributed by atoms with Crippen LogP contribution >= 0.6 is 0 Å². The van der Waals surface area contributed by atoms with Gasteiger partial charge in [0.1, 0.15) is 0 Å². The van der Waals surface area contributed by atoms with E-state index in [0.29, 0.717) is 19.0 Å². The van der Waals surface area contributed by atoms with Crippen LogP contribution < -0.4 is 5.32 Å². The number of benzene rings is 1. The molecule has 1 amide bonds. The molecule has 0 saturated carbocycles. The lowest BCUT2D eigenvalue weighted by molar-refractivity contribution is -0.132. The normalized spacial score (nSPS) is 18.9. The predicted molar refractivity (Wildman–Crippen MR) is 86.0 cm³/mol. The maximum atomic E-state index is 12.5. The molecule has 0 aromatic heterocycles. The van der Waals surface area contributed by atoms with E-state index in [9.17, 15) is 4.79 Å². The molecule has 1 atom stereocenters. The Kier molecular flexibility index (Phi) is 6.21. The first kappa shape index (κ1) is 16.0. The van der Waals surface area contributed by atoms with E-state index in [1.165, 1.54) is 12.0 Å². The molecule has 1 N–H and O–H groups in total. The van der Waals surface area contributed by atoms with Gasteiger partial charge in [0.15, 0.2) is 0 Å². The Bertz CT molecular complexity index is 435. The van der Waals surface area contributed by atoms with Crippen molar-refractivity contribution in [1.82, 2.24) is 15.1 Å². The zero-order chi connectivity index (χ0) is 15.1. The maximum absolute atomic E-state index is 12.5. The van der Waals surface area contributed by atoms with Crippen LogP contribution in [0.3, 0.4) is 0 Å². The second-order valence-corrected chi connectivity index (χ2v) is 5.84. The molecule has 4 nitrogen and oxygen atoms in total. The highest BCUT2D eigenvalue weighted by atomic mass is 16.2. The molecule has 1 saturated heterocycles. The van der Waals surface area contributed by atoms with E-state index in [-0.39, 0.29) is 5.91 Å². The van der Waals surface area contributed by atoms with Gasteiger partial charge in [0, 0.05) is 19.6 Å². The first-order chi connectivity index (χ1) is 10.2. The van der Waals surface area contributed by atoms with Crippen LogP contribution in [-0.4, -0.2) is 55.5 Å². The van der Waals surface area contributed by atoms with Gasteiger partial charge < -0.3 is 10.2 Å². The molecule has 1 aromatic rings. The average Bonchev–Trinajstić information content (AvgIpc) is 2.93. The molecular formula is C17H27N3O. The molecule has 0 spiro atoms. The van der Waals surface area contributed by atoms with Gasteiger partial charge in [0.05, 0.1) is 6.54 Å². The van der Waals surface area contributed by atoms with Gasteiger partial charge in [0.2, 0.25) is 5.91 Å². The van der Waals surface area contributed by atoms with Crippen LogP contribution in [-0.2, 0) is 11.3 Å². The Morgan fingerprint density at radius 2 is 2.14 bits per heavy atom. The Hall–Kier alpha value is -1.39. The molecular weight excluding hydrogens is 262 g/mol. The summed E-state index contributed by atoms with van der Waals surface area (Å²) >= 11 is 0. The van der Waals surface area contributed by atoms with Gasteiger partial charge in [-0.05, 0) is 45.0 Å². The minimum Gasteiger partial charge on any atom is -0.338 e. The third-order valence-electron chi connectivity index (χ3n) is 4.17. The molecule has 1 aliphatic heterocycles. The van der Waals surface area contributed by atoms with Crippen LogP contribution in [0.15, 0.2) is 30.3 Å². The number of likely N-dealkylation sites (tertiary alicyclic amines) is 1. The summed E-state index contributed by atoms with van der Waals surface area (Å²) < 4.78 is 0. The molecule has 4 heteroatoms. The molecule has 1 aliphatic rings. The fourth-order valence-corrected chi connectivity index (χ4v) is 2.98. The smallest absolute Gasteiger partial charge is 0.237 e. The quantitative estimate of drug-likeness (QED) is 0.828. The third kappa shape index (κ3) is 4.83. The number of amides is 1. The van der Waals surface area contributed by atoms with Crippen molar-refractivity contribution >= 4 is 5.91 Å². The van der Waals surface area contributed by atoms with E-state index in [1.54, 1.807) is 0 Å². The molecule has 1 aromatic carbocycles. The Morgan fingerprint density at radius 1 is 1.38 bits per heavy atom. The average molecular weight is 289 g/mol. The fraction of sp³-hybridized carbons (Fsp3) is 0.588. The number of carbonyl (C=O) groups excluding carboxylic acids is 1. The molecule has 116 valence electrons. The van der Waals surface area contributed by atoms with Crippen LogP contribution in [0.4, 0.5) is 0 Å². The second-order valence-electron chi connectivity index (χ2n) is 5.84. The summed E-state index contributed by atoms with van der Waals surface area (Å²) in [5, 5.41) is 3.23. The molecule has 1 heterocycles. The summed E-state index contributed by atoms with van der Waals surface area (Å²) in [6, 6.07) is 10.2. The lowest BCUT2D eigenvalue weighted by Gasteiger charge is -2.24. The first-order valence-corrected chi connectivity index (χ1v) is 7.91. The Morgan fingerprint density at radius 3 is 2.81 bits per heavy atom. The second kappa shape index (κ2) is 8.15. The Labute approximate surface area is 128 Å². The number of likely N-dealkylation sites (N-methyl/N-ethyl adjacent to an activating group) is 1. The predicted octanol–water partition coefficient (Wildman–Crippen LogP) is 1.58. The number of hydrogen-bond donors (Lipinski definition) is 1. The summed E-state index contributed by atoms with van der Waals surface area (Å²) in [6.07, 6.45) is 1.19. The molecule has 1 fully saturated rings. The van der Waals surface area contributed by atoms with E-state index < -0.39 is 0 Å². The number of hydrogen-bond acceptors (Lipinski definition) is 3. The summed E-state index contributed by atoms with van der Waals surface area (Å²) in [7, 11) is 1.99. The van der Waals surface area contributed by atoms with Crippen LogP contribution in [0.5, 0.6) is 0 Å². The molecule has 2 rings (SSSR count).